The number of aliphatic hydroxyl groups is 1. The van der Waals surface area contributed by atoms with Crippen LogP contribution in [0.2, 0.25) is 5.02 Å². The molecule has 1 aromatic rings. The summed E-state index contributed by atoms with van der Waals surface area (Å²) < 4.78 is 0. The number of benzene rings is 1. The molecule has 3 rings (SSSR count). The van der Waals surface area contributed by atoms with Gasteiger partial charge in [0.15, 0.2) is 0 Å². The highest BCUT2D eigenvalue weighted by atomic mass is 35.5. The normalized spacial score (nSPS) is 28.3. The average molecular weight is 281 g/mol. The summed E-state index contributed by atoms with van der Waals surface area (Å²) in [7, 11) is 0. The summed E-state index contributed by atoms with van der Waals surface area (Å²) >= 11 is 5.86. The number of rotatable bonds is 2. The second kappa shape index (κ2) is 5.12. The fourth-order valence-corrected chi connectivity index (χ4v) is 3.06. The van der Waals surface area contributed by atoms with Gasteiger partial charge in [0.1, 0.15) is 0 Å². The number of hydrogen-bond donors (Lipinski definition) is 1. The van der Waals surface area contributed by atoms with E-state index in [1.54, 1.807) is 12.1 Å². The molecule has 1 aromatic carbocycles. The lowest BCUT2D eigenvalue weighted by Gasteiger charge is -2.23. The van der Waals surface area contributed by atoms with Crippen molar-refractivity contribution in [2.75, 3.05) is 24.5 Å². The van der Waals surface area contributed by atoms with Crippen LogP contribution in [-0.2, 0) is 4.79 Å². The Morgan fingerprint density at radius 3 is 2.53 bits per heavy atom. The molecule has 0 spiro atoms. The molecule has 102 valence electrons. The van der Waals surface area contributed by atoms with Crippen LogP contribution in [0.1, 0.15) is 12.8 Å². The second-order valence-corrected chi connectivity index (χ2v) is 5.64. The van der Waals surface area contributed by atoms with E-state index in [-0.39, 0.29) is 18.1 Å². The fraction of sp³-hybridized carbons (Fsp3) is 0.500. The van der Waals surface area contributed by atoms with Gasteiger partial charge in [-0.05, 0) is 37.1 Å². The van der Waals surface area contributed by atoms with Crippen LogP contribution in [0.4, 0.5) is 5.69 Å². The lowest BCUT2D eigenvalue weighted by molar-refractivity contribution is -0.121. The van der Waals surface area contributed by atoms with Crippen LogP contribution in [0, 0.1) is 0 Å². The van der Waals surface area contributed by atoms with E-state index in [1.807, 2.05) is 17.0 Å². The first kappa shape index (κ1) is 12.9. The van der Waals surface area contributed by atoms with Crippen LogP contribution in [0.25, 0.3) is 0 Å². The first-order chi connectivity index (χ1) is 9.15. The predicted molar refractivity (Wildman–Crippen MR) is 74.4 cm³/mol. The first-order valence-electron chi connectivity index (χ1n) is 6.64. The molecule has 2 aliphatic rings. The number of anilines is 1. The summed E-state index contributed by atoms with van der Waals surface area (Å²) in [5, 5.41) is 10.3. The molecular formula is C14H17ClN2O2. The summed E-state index contributed by atoms with van der Waals surface area (Å²) in [6.07, 6.45) is 1.32. The number of amides is 1. The van der Waals surface area contributed by atoms with Gasteiger partial charge in [0.25, 0.3) is 0 Å². The SMILES string of the molecule is O=C1C(N2CC[C@H](O)C2)CCN1c1ccc(Cl)cc1. The van der Waals surface area contributed by atoms with Crippen molar-refractivity contribution in [2.24, 2.45) is 0 Å². The summed E-state index contributed by atoms with van der Waals surface area (Å²) in [6.45, 7) is 2.16. The van der Waals surface area contributed by atoms with Crippen LogP contribution in [0.15, 0.2) is 24.3 Å². The molecule has 1 unspecified atom stereocenters. The Morgan fingerprint density at radius 1 is 1.16 bits per heavy atom. The third kappa shape index (κ3) is 2.48. The topological polar surface area (TPSA) is 43.8 Å². The molecule has 1 amide bonds. The van der Waals surface area contributed by atoms with Crippen molar-refractivity contribution in [3.05, 3.63) is 29.3 Å². The van der Waals surface area contributed by atoms with Crippen LogP contribution >= 0.6 is 11.6 Å². The zero-order chi connectivity index (χ0) is 13.4. The quantitative estimate of drug-likeness (QED) is 0.893. The zero-order valence-electron chi connectivity index (χ0n) is 10.6. The number of carbonyl (C=O) groups is 1. The second-order valence-electron chi connectivity index (χ2n) is 5.21. The van der Waals surface area contributed by atoms with Gasteiger partial charge in [-0.15, -0.1) is 0 Å². The fourth-order valence-electron chi connectivity index (χ4n) is 2.93. The number of nitrogens with zero attached hydrogens (tertiary/aromatic N) is 2. The van der Waals surface area contributed by atoms with Crippen molar-refractivity contribution < 1.29 is 9.90 Å². The Bertz CT molecular complexity index is 477. The molecule has 2 aliphatic heterocycles. The number of hydrogen-bond acceptors (Lipinski definition) is 3. The van der Waals surface area contributed by atoms with Gasteiger partial charge in [-0.2, -0.15) is 0 Å². The molecule has 19 heavy (non-hydrogen) atoms. The van der Waals surface area contributed by atoms with Crippen LogP contribution < -0.4 is 4.90 Å². The standard InChI is InChI=1S/C14H17ClN2O2/c15-10-1-3-11(4-2-10)17-8-6-13(14(17)19)16-7-5-12(18)9-16/h1-4,12-13,18H,5-9H2/t12-,13?/m0/s1. The van der Waals surface area contributed by atoms with Crippen LogP contribution in [-0.4, -0.2) is 47.7 Å². The van der Waals surface area contributed by atoms with Gasteiger partial charge in [0.05, 0.1) is 12.1 Å². The van der Waals surface area contributed by atoms with E-state index >= 15 is 0 Å². The molecule has 0 aromatic heterocycles. The van der Waals surface area contributed by atoms with Gasteiger partial charge in [-0.25, -0.2) is 0 Å². The summed E-state index contributed by atoms with van der Waals surface area (Å²) in [6, 6.07) is 7.28. The van der Waals surface area contributed by atoms with Gasteiger partial charge < -0.3 is 10.0 Å². The molecular weight excluding hydrogens is 264 g/mol. The van der Waals surface area contributed by atoms with Crippen molar-refractivity contribution in [3.8, 4) is 0 Å². The highest BCUT2D eigenvalue weighted by molar-refractivity contribution is 6.30. The number of aliphatic hydroxyl groups excluding tert-OH is 1. The number of carbonyl (C=O) groups excluding carboxylic acids is 1. The molecule has 1 N–H and O–H groups in total. The minimum Gasteiger partial charge on any atom is -0.392 e. The van der Waals surface area contributed by atoms with Crippen molar-refractivity contribution in [1.29, 1.82) is 0 Å². The van der Waals surface area contributed by atoms with Gasteiger partial charge in [0, 0.05) is 30.3 Å². The Kier molecular flexibility index (Phi) is 3.48. The molecule has 0 radical (unpaired) electrons. The van der Waals surface area contributed by atoms with Crippen molar-refractivity contribution in [2.45, 2.75) is 25.0 Å². The maximum absolute atomic E-state index is 12.5. The van der Waals surface area contributed by atoms with E-state index in [0.29, 0.717) is 11.6 Å². The maximum atomic E-state index is 12.5. The molecule has 0 bridgehead atoms. The van der Waals surface area contributed by atoms with Gasteiger partial charge in [-0.3, -0.25) is 9.69 Å². The monoisotopic (exact) mass is 280 g/mol. The van der Waals surface area contributed by atoms with Crippen molar-refractivity contribution in [1.82, 2.24) is 4.90 Å². The molecule has 2 heterocycles. The summed E-state index contributed by atoms with van der Waals surface area (Å²) in [5.41, 5.74) is 0.900. The van der Waals surface area contributed by atoms with Crippen LogP contribution in [0.5, 0.6) is 0 Å². The number of likely N-dealkylation sites (tertiary alicyclic amines) is 1. The lowest BCUT2D eigenvalue weighted by Crippen LogP contribution is -2.41. The highest BCUT2D eigenvalue weighted by Gasteiger charge is 2.39. The van der Waals surface area contributed by atoms with E-state index in [9.17, 15) is 9.90 Å². The molecule has 4 nitrogen and oxygen atoms in total. The molecule has 2 atom stereocenters. The lowest BCUT2D eigenvalue weighted by atomic mass is 10.2. The largest absolute Gasteiger partial charge is 0.392 e. The minimum absolute atomic E-state index is 0.0761. The van der Waals surface area contributed by atoms with E-state index in [1.165, 1.54) is 0 Å². The van der Waals surface area contributed by atoms with E-state index in [0.717, 1.165) is 31.6 Å². The number of halogens is 1. The van der Waals surface area contributed by atoms with E-state index in [4.69, 9.17) is 11.6 Å². The minimum atomic E-state index is -0.280. The Labute approximate surface area is 117 Å². The molecule has 0 aliphatic carbocycles. The van der Waals surface area contributed by atoms with Gasteiger partial charge in [-0.1, -0.05) is 11.6 Å². The molecule has 2 saturated heterocycles. The van der Waals surface area contributed by atoms with Crippen LogP contribution in [0.3, 0.4) is 0 Å². The smallest absolute Gasteiger partial charge is 0.244 e. The molecule has 5 heteroatoms. The predicted octanol–water partition coefficient (Wildman–Crippen LogP) is 1.51. The number of β-amino-alcohol motifs (C(OH)–C–C–N with tert-alkyl or cyclic N) is 1. The summed E-state index contributed by atoms with van der Waals surface area (Å²) in [4.78, 5) is 16.4. The zero-order valence-corrected chi connectivity index (χ0v) is 11.4. The van der Waals surface area contributed by atoms with Crippen molar-refractivity contribution in [3.63, 3.8) is 0 Å². The molecule has 2 fully saturated rings. The maximum Gasteiger partial charge on any atom is 0.244 e. The molecule has 0 saturated carbocycles. The Hall–Kier alpha value is -1.10. The van der Waals surface area contributed by atoms with E-state index < -0.39 is 0 Å². The highest BCUT2D eigenvalue weighted by Crippen LogP contribution is 2.27. The van der Waals surface area contributed by atoms with E-state index in [2.05, 4.69) is 4.90 Å². The third-order valence-electron chi connectivity index (χ3n) is 3.95. The summed E-state index contributed by atoms with van der Waals surface area (Å²) in [5.74, 6) is 0.136. The Balaban J connectivity index is 1.73. The Morgan fingerprint density at radius 2 is 1.89 bits per heavy atom. The third-order valence-corrected chi connectivity index (χ3v) is 4.20. The first-order valence-corrected chi connectivity index (χ1v) is 7.02. The van der Waals surface area contributed by atoms with Gasteiger partial charge in [0.2, 0.25) is 5.91 Å². The average Bonchev–Trinajstić information content (AvgIpc) is 2.97. The van der Waals surface area contributed by atoms with Crippen molar-refractivity contribution >= 4 is 23.2 Å². The van der Waals surface area contributed by atoms with Gasteiger partial charge >= 0.3 is 0 Å².